The maximum atomic E-state index is 12.1. The molecule has 118 valence electrons. The molecule has 0 atom stereocenters. The van der Waals surface area contributed by atoms with Crippen LogP contribution in [-0.2, 0) is 4.79 Å². The molecular weight excluding hydrogens is 296 g/mol. The number of thiocarbonyl (C=S) groups is 1. The quantitative estimate of drug-likeness (QED) is 0.684. The van der Waals surface area contributed by atoms with Crippen molar-refractivity contribution in [2.75, 3.05) is 13.7 Å². The summed E-state index contributed by atoms with van der Waals surface area (Å²) in [4.78, 5) is 13.5. The third kappa shape index (κ3) is 3.14. The van der Waals surface area contributed by atoms with Crippen LogP contribution in [0.2, 0.25) is 0 Å². The number of amides is 1. The fraction of sp³-hybridized carbons (Fsp3) is 0.412. The minimum atomic E-state index is -0.107. The van der Waals surface area contributed by atoms with E-state index in [1.54, 1.807) is 7.05 Å². The molecule has 1 heterocycles. The average Bonchev–Trinajstić information content (AvgIpc) is 2.69. The molecule has 0 aromatic heterocycles. The van der Waals surface area contributed by atoms with Crippen LogP contribution in [0.1, 0.15) is 43.4 Å². The number of ether oxygens (including phenoxy) is 1. The summed E-state index contributed by atoms with van der Waals surface area (Å²) in [6.45, 7) is 8.89. The van der Waals surface area contributed by atoms with Crippen molar-refractivity contribution in [2.45, 2.75) is 33.6 Å². The topological polar surface area (TPSA) is 41.6 Å². The van der Waals surface area contributed by atoms with Gasteiger partial charge in [-0.1, -0.05) is 13.8 Å². The summed E-state index contributed by atoms with van der Waals surface area (Å²) in [7, 11) is 1.67. The van der Waals surface area contributed by atoms with E-state index < -0.39 is 0 Å². The van der Waals surface area contributed by atoms with E-state index in [9.17, 15) is 4.79 Å². The number of rotatable bonds is 4. The predicted octanol–water partition coefficient (Wildman–Crippen LogP) is 3.20. The van der Waals surface area contributed by atoms with Crippen molar-refractivity contribution in [2.24, 2.45) is 0 Å². The van der Waals surface area contributed by atoms with Crippen molar-refractivity contribution in [3.63, 3.8) is 0 Å². The molecule has 1 amide bonds. The van der Waals surface area contributed by atoms with Gasteiger partial charge in [-0.2, -0.15) is 0 Å². The molecule has 0 radical (unpaired) electrons. The Morgan fingerprint density at radius 1 is 1.41 bits per heavy atom. The maximum Gasteiger partial charge on any atom is 0.276 e. The van der Waals surface area contributed by atoms with Gasteiger partial charge in [-0.25, -0.2) is 0 Å². The molecule has 4 nitrogen and oxygen atoms in total. The van der Waals surface area contributed by atoms with Crippen LogP contribution in [0.25, 0.3) is 6.08 Å². The van der Waals surface area contributed by atoms with Crippen molar-refractivity contribution in [3.8, 4) is 5.75 Å². The molecule has 0 saturated carbocycles. The smallest absolute Gasteiger partial charge is 0.276 e. The molecule has 0 aliphatic carbocycles. The second-order valence-corrected chi connectivity index (χ2v) is 6.07. The molecule has 1 aromatic rings. The Morgan fingerprint density at radius 3 is 2.59 bits per heavy atom. The lowest BCUT2D eigenvalue weighted by Crippen LogP contribution is -2.25. The molecule has 0 unspecified atom stereocenters. The summed E-state index contributed by atoms with van der Waals surface area (Å²) in [5, 5.41) is 3.39. The Morgan fingerprint density at radius 2 is 2.09 bits per heavy atom. The summed E-state index contributed by atoms with van der Waals surface area (Å²) in [5.41, 5.74) is 3.71. The number of nitrogens with one attached hydrogen (secondary N) is 1. The summed E-state index contributed by atoms with van der Waals surface area (Å²) in [6.07, 6.45) is 1.86. The molecule has 22 heavy (non-hydrogen) atoms. The van der Waals surface area contributed by atoms with E-state index in [1.165, 1.54) is 4.90 Å². The van der Waals surface area contributed by atoms with Gasteiger partial charge in [0.05, 0.1) is 6.61 Å². The van der Waals surface area contributed by atoms with E-state index in [-0.39, 0.29) is 5.91 Å². The number of carbonyl (C=O) groups excluding carboxylic acids is 1. The van der Waals surface area contributed by atoms with Crippen LogP contribution >= 0.6 is 12.2 Å². The second-order valence-electron chi connectivity index (χ2n) is 5.69. The summed E-state index contributed by atoms with van der Waals surface area (Å²) in [6, 6.07) is 4.13. The monoisotopic (exact) mass is 318 g/mol. The summed E-state index contributed by atoms with van der Waals surface area (Å²) in [5.74, 6) is 1.15. The van der Waals surface area contributed by atoms with Crippen LogP contribution in [0, 0.1) is 6.92 Å². The van der Waals surface area contributed by atoms with Gasteiger partial charge in [0, 0.05) is 7.05 Å². The SMILES string of the molecule is CCOc1cc(C)c(/C=C2/NC(=S)N(C)C2=O)cc1C(C)C. The first kappa shape index (κ1) is 16.5. The number of hydrogen-bond donors (Lipinski definition) is 1. The molecular formula is C17H22N2O2S. The lowest BCUT2D eigenvalue weighted by Gasteiger charge is -2.16. The van der Waals surface area contributed by atoms with E-state index in [2.05, 4.69) is 25.2 Å². The Hall–Kier alpha value is -1.88. The van der Waals surface area contributed by atoms with Crippen LogP contribution in [0.5, 0.6) is 5.75 Å². The Balaban J connectivity index is 2.46. The zero-order valence-electron chi connectivity index (χ0n) is 13.7. The normalized spacial score (nSPS) is 16.6. The molecule has 0 spiro atoms. The zero-order chi connectivity index (χ0) is 16.4. The van der Waals surface area contributed by atoms with Gasteiger partial charge in [0.15, 0.2) is 5.11 Å². The van der Waals surface area contributed by atoms with Crippen molar-refractivity contribution in [1.82, 2.24) is 10.2 Å². The van der Waals surface area contributed by atoms with Gasteiger partial charge >= 0.3 is 0 Å². The molecule has 1 aromatic carbocycles. The van der Waals surface area contributed by atoms with Crippen molar-refractivity contribution < 1.29 is 9.53 Å². The highest BCUT2D eigenvalue weighted by molar-refractivity contribution is 7.80. The van der Waals surface area contributed by atoms with Crippen LogP contribution in [0.4, 0.5) is 0 Å². The number of nitrogens with zero attached hydrogens (tertiary/aromatic N) is 1. The van der Waals surface area contributed by atoms with E-state index in [4.69, 9.17) is 17.0 Å². The molecule has 1 saturated heterocycles. The van der Waals surface area contributed by atoms with E-state index in [0.29, 0.717) is 23.3 Å². The number of likely N-dealkylation sites (N-methyl/N-ethyl adjacent to an activating group) is 1. The van der Waals surface area contributed by atoms with Crippen molar-refractivity contribution in [1.29, 1.82) is 0 Å². The lowest BCUT2D eigenvalue weighted by atomic mass is 9.96. The number of benzene rings is 1. The first-order valence-electron chi connectivity index (χ1n) is 7.43. The standard InChI is InChI=1S/C17H22N2O2S/c1-6-21-15-7-11(4)12(8-13(15)10(2)3)9-14-16(20)19(5)17(22)18-14/h7-10H,6H2,1-5H3,(H,18,22)/b14-9+. The second kappa shape index (κ2) is 6.48. The first-order valence-corrected chi connectivity index (χ1v) is 7.84. The van der Waals surface area contributed by atoms with Gasteiger partial charge < -0.3 is 10.1 Å². The van der Waals surface area contributed by atoms with Gasteiger partial charge in [-0.15, -0.1) is 0 Å². The Bertz CT molecular complexity index is 650. The van der Waals surface area contributed by atoms with Gasteiger partial charge in [0.2, 0.25) is 0 Å². The number of carbonyl (C=O) groups is 1. The maximum absolute atomic E-state index is 12.1. The molecule has 1 fully saturated rings. The minimum Gasteiger partial charge on any atom is -0.494 e. The van der Waals surface area contributed by atoms with E-state index >= 15 is 0 Å². The van der Waals surface area contributed by atoms with Gasteiger partial charge in [0.1, 0.15) is 11.4 Å². The average molecular weight is 318 g/mol. The van der Waals surface area contributed by atoms with Crippen LogP contribution in [-0.4, -0.2) is 29.6 Å². The van der Waals surface area contributed by atoms with Crippen LogP contribution in [0.15, 0.2) is 17.8 Å². The van der Waals surface area contributed by atoms with Crippen molar-refractivity contribution >= 4 is 29.3 Å². The molecule has 5 heteroatoms. The van der Waals surface area contributed by atoms with E-state index in [1.807, 2.05) is 26.0 Å². The lowest BCUT2D eigenvalue weighted by molar-refractivity contribution is -0.121. The Kier molecular flexibility index (Phi) is 4.86. The Labute approximate surface area is 137 Å². The van der Waals surface area contributed by atoms with Gasteiger partial charge in [-0.05, 0) is 66.9 Å². The summed E-state index contributed by atoms with van der Waals surface area (Å²) >= 11 is 5.10. The highest BCUT2D eigenvalue weighted by atomic mass is 32.1. The fourth-order valence-electron chi connectivity index (χ4n) is 2.38. The molecule has 2 rings (SSSR count). The molecule has 1 aliphatic rings. The van der Waals surface area contributed by atoms with Gasteiger partial charge in [-0.3, -0.25) is 9.69 Å². The predicted molar refractivity (Wildman–Crippen MR) is 92.9 cm³/mol. The zero-order valence-corrected chi connectivity index (χ0v) is 14.5. The molecule has 0 bridgehead atoms. The van der Waals surface area contributed by atoms with E-state index in [0.717, 1.165) is 22.4 Å². The van der Waals surface area contributed by atoms with Crippen molar-refractivity contribution in [3.05, 3.63) is 34.5 Å². The van der Waals surface area contributed by atoms with Crippen LogP contribution in [0.3, 0.4) is 0 Å². The molecule has 1 N–H and O–H groups in total. The minimum absolute atomic E-state index is 0.107. The highest BCUT2D eigenvalue weighted by Crippen LogP contribution is 2.31. The molecule has 1 aliphatic heterocycles. The fourth-order valence-corrected chi connectivity index (χ4v) is 2.57. The highest BCUT2D eigenvalue weighted by Gasteiger charge is 2.27. The third-order valence-electron chi connectivity index (χ3n) is 3.70. The largest absolute Gasteiger partial charge is 0.494 e. The number of hydrogen-bond acceptors (Lipinski definition) is 3. The van der Waals surface area contributed by atoms with Gasteiger partial charge in [0.25, 0.3) is 5.91 Å². The number of aryl methyl sites for hydroxylation is 1. The first-order chi connectivity index (χ1) is 10.3. The summed E-state index contributed by atoms with van der Waals surface area (Å²) < 4.78 is 5.73. The van der Waals surface area contributed by atoms with Crippen LogP contribution < -0.4 is 10.1 Å². The third-order valence-corrected chi connectivity index (χ3v) is 4.08.